The Morgan fingerprint density at radius 2 is 1.59 bits per heavy atom. The molecule has 0 aliphatic carbocycles. The van der Waals surface area contributed by atoms with E-state index in [0.717, 1.165) is 25.7 Å². The van der Waals surface area contributed by atoms with Crippen LogP contribution in [-0.4, -0.2) is 18.4 Å². The van der Waals surface area contributed by atoms with Crippen molar-refractivity contribution >= 4 is 47.2 Å². The molecule has 5 nitrogen and oxygen atoms in total. The highest BCUT2D eigenvalue weighted by molar-refractivity contribution is 6.34. The van der Waals surface area contributed by atoms with E-state index in [0.29, 0.717) is 34.9 Å². The number of nitrogens with two attached hydrogens (primary N) is 1. The maximum Gasteiger partial charge on any atom is 0.257 e. The molecule has 0 spiro atoms. The lowest BCUT2D eigenvalue weighted by Crippen LogP contribution is -2.15. The summed E-state index contributed by atoms with van der Waals surface area (Å²) < 4.78 is 0. The number of carbonyl (C=O) groups is 2. The van der Waals surface area contributed by atoms with Crippen LogP contribution in [0.2, 0.25) is 5.02 Å². The predicted molar refractivity (Wildman–Crippen MR) is 114 cm³/mol. The van der Waals surface area contributed by atoms with E-state index in [9.17, 15) is 9.59 Å². The van der Waals surface area contributed by atoms with Gasteiger partial charge in [0, 0.05) is 17.8 Å². The van der Waals surface area contributed by atoms with Crippen LogP contribution in [0.3, 0.4) is 0 Å². The van der Waals surface area contributed by atoms with Crippen molar-refractivity contribution in [2.75, 3.05) is 17.2 Å². The fourth-order valence-corrected chi connectivity index (χ4v) is 2.71. The van der Waals surface area contributed by atoms with Crippen LogP contribution in [0.15, 0.2) is 48.5 Å². The molecule has 0 unspecified atom stereocenters. The zero-order valence-corrected chi connectivity index (χ0v) is 16.6. The van der Waals surface area contributed by atoms with Crippen LogP contribution >= 0.6 is 24.0 Å². The van der Waals surface area contributed by atoms with Crippen molar-refractivity contribution in [1.82, 2.24) is 0 Å². The fraction of sp³-hybridized carbons (Fsp3) is 0.300. The van der Waals surface area contributed by atoms with Crippen LogP contribution in [0.4, 0.5) is 11.4 Å². The van der Waals surface area contributed by atoms with E-state index in [4.69, 9.17) is 17.3 Å². The molecule has 7 heteroatoms. The van der Waals surface area contributed by atoms with E-state index in [1.807, 2.05) is 18.2 Å². The molecule has 0 saturated heterocycles. The highest BCUT2D eigenvalue weighted by atomic mass is 35.5. The van der Waals surface area contributed by atoms with E-state index in [1.165, 1.54) is 0 Å². The second kappa shape index (κ2) is 12.3. The molecule has 0 atom stereocenters. The van der Waals surface area contributed by atoms with Gasteiger partial charge < -0.3 is 16.4 Å². The zero-order chi connectivity index (χ0) is 18.8. The number of hydrogen-bond acceptors (Lipinski definition) is 3. The first kappa shape index (κ1) is 23.0. The average Bonchev–Trinajstić information content (AvgIpc) is 2.64. The summed E-state index contributed by atoms with van der Waals surface area (Å²) in [5.41, 5.74) is 7.00. The number of carbonyl (C=O) groups excluding carboxylic acids is 2. The van der Waals surface area contributed by atoms with Gasteiger partial charge in [0.15, 0.2) is 0 Å². The highest BCUT2D eigenvalue weighted by Crippen LogP contribution is 2.22. The van der Waals surface area contributed by atoms with Crippen molar-refractivity contribution in [3.63, 3.8) is 0 Å². The molecule has 2 amide bonds. The number of nitrogens with one attached hydrogen (secondary N) is 2. The maximum atomic E-state index is 12.4. The summed E-state index contributed by atoms with van der Waals surface area (Å²) in [6, 6.07) is 14.0. The van der Waals surface area contributed by atoms with Gasteiger partial charge in [0.1, 0.15) is 0 Å². The van der Waals surface area contributed by atoms with Crippen LogP contribution in [0.25, 0.3) is 0 Å². The number of unbranched alkanes of at least 4 members (excludes halogenated alkanes) is 3. The van der Waals surface area contributed by atoms with E-state index < -0.39 is 0 Å². The van der Waals surface area contributed by atoms with E-state index in [1.54, 1.807) is 30.3 Å². The third kappa shape index (κ3) is 7.99. The van der Waals surface area contributed by atoms with Gasteiger partial charge in [0.05, 0.1) is 10.6 Å². The average molecular weight is 410 g/mol. The van der Waals surface area contributed by atoms with Crippen molar-refractivity contribution in [3.05, 3.63) is 59.1 Å². The molecular formula is C20H25Cl2N3O2. The summed E-state index contributed by atoms with van der Waals surface area (Å²) >= 11 is 6.14. The quantitative estimate of drug-likeness (QED) is 0.516. The van der Waals surface area contributed by atoms with Crippen LogP contribution < -0.4 is 16.4 Å². The molecule has 0 bridgehead atoms. The SMILES string of the molecule is Cl.NCCCCCCC(=O)Nc1ccc(Cl)c(C(=O)Nc2ccccc2)c1. The highest BCUT2D eigenvalue weighted by Gasteiger charge is 2.12. The van der Waals surface area contributed by atoms with Crippen LogP contribution in [-0.2, 0) is 4.79 Å². The standard InChI is InChI=1S/C20H24ClN3O2.ClH/c21-18-12-11-16(23-19(25)10-6-1-2-7-13-22)14-17(18)20(26)24-15-8-4-3-5-9-15;/h3-5,8-9,11-12,14H,1-2,6-7,10,13,22H2,(H,23,25)(H,24,26);1H. The number of hydrogen-bond donors (Lipinski definition) is 3. The second-order valence-corrected chi connectivity index (χ2v) is 6.42. The Labute approximate surface area is 171 Å². The van der Waals surface area contributed by atoms with Crippen molar-refractivity contribution in [2.45, 2.75) is 32.1 Å². The largest absolute Gasteiger partial charge is 0.330 e. The first-order valence-corrected chi connectivity index (χ1v) is 9.14. The molecule has 0 radical (unpaired) electrons. The molecule has 146 valence electrons. The molecule has 0 aliphatic heterocycles. The first-order valence-electron chi connectivity index (χ1n) is 8.76. The van der Waals surface area contributed by atoms with Gasteiger partial charge in [-0.3, -0.25) is 9.59 Å². The van der Waals surface area contributed by atoms with Gasteiger partial charge in [-0.25, -0.2) is 0 Å². The smallest absolute Gasteiger partial charge is 0.257 e. The summed E-state index contributed by atoms with van der Waals surface area (Å²) in [6.07, 6.45) is 4.27. The second-order valence-electron chi connectivity index (χ2n) is 6.02. The molecule has 2 rings (SSSR count). The van der Waals surface area contributed by atoms with Gasteiger partial charge in [-0.15, -0.1) is 12.4 Å². The van der Waals surface area contributed by atoms with E-state index in [-0.39, 0.29) is 24.2 Å². The Balaban J connectivity index is 0.00000364. The number of para-hydroxylation sites is 1. The summed E-state index contributed by atoms with van der Waals surface area (Å²) in [6.45, 7) is 0.685. The van der Waals surface area contributed by atoms with Gasteiger partial charge in [-0.05, 0) is 49.7 Å². The van der Waals surface area contributed by atoms with Crippen LogP contribution in [0.1, 0.15) is 42.5 Å². The van der Waals surface area contributed by atoms with Gasteiger partial charge >= 0.3 is 0 Å². The fourth-order valence-electron chi connectivity index (χ4n) is 2.50. The van der Waals surface area contributed by atoms with Gasteiger partial charge in [0.2, 0.25) is 5.91 Å². The maximum absolute atomic E-state index is 12.4. The number of benzene rings is 2. The first-order chi connectivity index (χ1) is 12.6. The van der Waals surface area contributed by atoms with Crippen molar-refractivity contribution in [2.24, 2.45) is 5.73 Å². The summed E-state index contributed by atoms with van der Waals surface area (Å²) in [5.74, 6) is -0.395. The Hall–Kier alpha value is -2.08. The molecule has 4 N–H and O–H groups in total. The Bertz CT molecular complexity index is 739. The Kier molecular flexibility index (Phi) is 10.5. The Morgan fingerprint density at radius 3 is 2.30 bits per heavy atom. The van der Waals surface area contributed by atoms with Gasteiger partial charge in [-0.1, -0.05) is 42.6 Å². The topological polar surface area (TPSA) is 84.2 Å². The minimum Gasteiger partial charge on any atom is -0.330 e. The minimum atomic E-state index is -0.320. The molecule has 0 saturated carbocycles. The number of rotatable bonds is 9. The van der Waals surface area contributed by atoms with Gasteiger partial charge in [-0.2, -0.15) is 0 Å². The normalized spacial score (nSPS) is 10.0. The van der Waals surface area contributed by atoms with E-state index in [2.05, 4.69) is 10.6 Å². The molecule has 0 fully saturated rings. The number of halogens is 2. The van der Waals surface area contributed by atoms with Crippen molar-refractivity contribution in [3.8, 4) is 0 Å². The molecule has 0 heterocycles. The summed E-state index contributed by atoms with van der Waals surface area (Å²) in [7, 11) is 0. The predicted octanol–water partition coefficient (Wildman–Crippen LogP) is 4.86. The lowest BCUT2D eigenvalue weighted by molar-refractivity contribution is -0.116. The van der Waals surface area contributed by atoms with Gasteiger partial charge in [0.25, 0.3) is 5.91 Å². The van der Waals surface area contributed by atoms with Crippen molar-refractivity contribution in [1.29, 1.82) is 0 Å². The third-order valence-corrected chi connectivity index (χ3v) is 4.21. The van der Waals surface area contributed by atoms with Crippen LogP contribution in [0.5, 0.6) is 0 Å². The number of anilines is 2. The molecule has 2 aromatic carbocycles. The molecule has 2 aromatic rings. The van der Waals surface area contributed by atoms with Crippen molar-refractivity contribution < 1.29 is 9.59 Å². The lowest BCUT2D eigenvalue weighted by Gasteiger charge is -2.10. The van der Waals surface area contributed by atoms with E-state index >= 15 is 0 Å². The number of amides is 2. The molecule has 0 aromatic heterocycles. The third-order valence-electron chi connectivity index (χ3n) is 3.88. The summed E-state index contributed by atoms with van der Waals surface area (Å²) in [4.78, 5) is 24.5. The minimum absolute atomic E-state index is 0. The lowest BCUT2D eigenvalue weighted by atomic mass is 10.1. The summed E-state index contributed by atoms with van der Waals surface area (Å²) in [5, 5.41) is 5.94. The monoisotopic (exact) mass is 409 g/mol. The zero-order valence-electron chi connectivity index (χ0n) is 15.0. The Morgan fingerprint density at radius 1 is 0.889 bits per heavy atom. The molecule has 0 aliphatic rings. The molecule has 27 heavy (non-hydrogen) atoms. The van der Waals surface area contributed by atoms with Crippen LogP contribution in [0, 0.1) is 0 Å². The molecular weight excluding hydrogens is 385 g/mol.